The van der Waals surface area contributed by atoms with Crippen LogP contribution in [0.25, 0.3) is 10.9 Å². The molecule has 5 nitrogen and oxygen atoms in total. The molecule has 0 saturated heterocycles. The quantitative estimate of drug-likeness (QED) is 0.752. The van der Waals surface area contributed by atoms with Crippen molar-refractivity contribution in [1.82, 2.24) is 14.5 Å². The number of pyridine rings is 1. The lowest BCUT2D eigenvalue weighted by Crippen LogP contribution is -2.21. The highest BCUT2D eigenvalue weighted by atomic mass is 16.3. The second kappa shape index (κ2) is 4.53. The van der Waals surface area contributed by atoms with Gasteiger partial charge in [0.2, 0.25) is 0 Å². The molecule has 0 saturated carbocycles. The van der Waals surface area contributed by atoms with Crippen molar-refractivity contribution in [2.75, 3.05) is 0 Å². The van der Waals surface area contributed by atoms with Crippen molar-refractivity contribution in [3.05, 3.63) is 65.0 Å². The summed E-state index contributed by atoms with van der Waals surface area (Å²) in [5, 5.41) is 10.1. The predicted octanol–water partition coefficient (Wildman–Crippen LogP) is 1.55. The Morgan fingerprint density at radius 3 is 2.79 bits per heavy atom. The minimum atomic E-state index is -0.188. The fourth-order valence-electron chi connectivity index (χ4n) is 1.95. The van der Waals surface area contributed by atoms with Gasteiger partial charge in [-0.3, -0.25) is 14.3 Å². The molecule has 3 rings (SSSR count). The van der Waals surface area contributed by atoms with E-state index in [0.717, 1.165) is 5.69 Å². The van der Waals surface area contributed by atoms with E-state index in [1.807, 2.05) is 18.2 Å². The summed E-state index contributed by atoms with van der Waals surface area (Å²) in [4.78, 5) is 20.6. The minimum absolute atomic E-state index is 0.0135. The van der Waals surface area contributed by atoms with E-state index < -0.39 is 0 Å². The fraction of sp³-hybridized carbons (Fsp3) is 0.0714. The SMILES string of the molecule is O=c1c2cccc(O)c2ncn1Cc1ccccn1. The molecule has 3 aromatic rings. The molecular formula is C14H11N3O2. The Morgan fingerprint density at radius 2 is 2.00 bits per heavy atom. The lowest BCUT2D eigenvalue weighted by atomic mass is 10.2. The normalized spacial score (nSPS) is 10.7. The lowest BCUT2D eigenvalue weighted by Gasteiger charge is -2.06. The van der Waals surface area contributed by atoms with Crippen LogP contribution in [-0.2, 0) is 6.54 Å². The van der Waals surface area contributed by atoms with Crippen LogP contribution in [0.4, 0.5) is 0 Å². The zero-order valence-corrected chi connectivity index (χ0v) is 10.0. The number of nitrogens with zero attached hydrogens (tertiary/aromatic N) is 3. The first-order valence-corrected chi connectivity index (χ1v) is 5.83. The summed E-state index contributed by atoms with van der Waals surface area (Å²) in [5.41, 5.74) is 0.919. The average molecular weight is 253 g/mol. The standard InChI is InChI=1S/C14H11N3O2/c18-12-6-3-5-11-13(12)16-9-17(14(11)19)8-10-4-1-2-7-15-10/h1-7,9,18H,8H2. The molecular weight excluding hydrogens is 242 g/mol. The number of benzene rings is 1. The number of aromatic hydroxyl groups is 1. The second-order valence-corrected chi connectivity index (χ2v) is 4.17. The van der Waals surface area contributed by atoms with E-state index in [0.29, 0.717) is 17.4 Å². The Kier molecular flexibility index (Phi) is 2.72. The van der Waals surface area contributed by atoms with Gasteiger partial charge in [-0.05, 0) is 24.3 Å². The zero-order chi connectivity index (χ0) is 13.2. The Morgan fingerprint density at radius 1 is 1.11 bits per heavy atom. The van der Waals surface area contributed by atoms with Crippen molar-refractivity contribution in [2.45, 2.75) is 6.54 Å². The molecule has 0 spiro atoms. The van der Waals surface area contributed by atoms with Gasteiger partial charge in [0, 0.05) is 6.20 Å². The average Bonchev–Trinajstić information content (AvgIpc) is 2.44. The third-order valence-corrected chi connectivity index (χ3v) is 2.89. The van der Waals surface area contributed by atoms with Crippen LogP contribution >= 0.6 is 0 Å². The number of phenolic OH excluding ortho intramolecular Hbond substituents is 1. The molecule has 0 aliphatic heterocycles. The number of phenols is 1. The second-order valence-electron chi connectivity index (χ2n) is 4.17. The van der Waals surface area contributed by atoms with Crippen molar-refractivity contribution >= 4 is 10.9 Å². The maximum absolute atomic E-state index is 12.3. The molecule has 0 atom stereocenters. The van der Waals surface area contributed by atoms with Gasteiger partial charge in [-0.1, -0.05) is 12.1 Å². The maximum Gasteiger partial charge on any atom is 0.261 e. The van der Waals surface area contributed by atoms with Crippen molar-refractivity contribution in [3.8, 4) is 5.75 Å². The molecule has 0 amide bonds. The summed E-state index contributed by atoms with van der Waals surface area (Å²) in [7, 11) is 0. The molecule has 2 aromatic heterocycles. The van der Waals surface area contributed by atoms with Gasteiger partial charge in [-0.2, -0.15) is 0 Å². The molecule has 0 unspecified atom stereocenters. The molecule has 1 aromatic carbocycles. The molecule has 0 aliphatic carbocycles. The summed E-state index contributed by atoms with van der Waals surface area (Å²) < 4.78 is 1.48. The van der Waals surface area contributed by atoms with Crippen molar-refractivity contribution in [3.63, 3.8) is 0 Å². The summed E-state index contributed by atoms with van der Waals surface area (Å²) in [5.74, 6) is 0.0135. The van der Waals surface area contributed by atoms with E-state index >= 15 is 0 Å². The van der Waals surface area contributed by atoms with Crippen LogP contribution in [0, 0.1) is 0 Å². The van der Waals surface area contributed by atoms with Crippen LogP contribution in [0.2, 0.25) is 0 Å². The Balaban J connectivity index is 2.11. The zero-order valence-electron chi connectivity index (χ0n) is 10.0. The minimum Gasteiger partial charge on any atom is -0.506 e. The van der Waals surface area contributed by atoms with E-state index in [2.05, 4.69) is 9.97 Å². The molecule has 0 radical (unpaired) electrons. The third kappa shape index (κ3) is 2.06. The Bertz CT molecular complexity index is 782. The molecule has 0 fully saturated rings. The van der Waals surface area contributed by atoms with Gasteiger partial charge >= 0.3 is 0 Å². The number of hydrogen-bond acceptors (Lipinski definition) is 4. The third-order valence-electron chi connectivity index (χ3n) is 2.89. The monoisotopic (exact) mass is 253 g/mol. The predicted molar refractivity (Wildman–Crippen MR) is 71.0 cm³/mol. The molecule has 5 heteroatoms. The van der Waals surface area contributed by atoms with Crippen LogP contribution in [0.15, 0.2) is 53.7 Å². The highest BCUT2D eigenvalue weighted by Gasteiger charge is 2.07. The van der Waals surface area contributed by atoms with E-state index in [1.165, 1.54) is 17.0 Å². The van der Waals surface area contributed by atoms with Gasteiger partial charge in [-0.15, -0.1) is 0 Å². The fourth-order valence-corrected chi connectivity index (χ4v) is 1.95. The molecule has 0 bridgehead atoms. The van der Waals surface area contributed by atoms with Crippen LogP contribution in [0.3, 0.4) is 0 Å². The largest absolute Gasteiger partial charge is 0.506 e. The van der Waals surface area contributed by atoms with Gasteiger partial charge in [-0.25, -0.2) is 4.98 Å². The first-order chi connectivity index (χ1) is 9.25. The summed E-state index contributed by atoms with van der Waals surface area (Å²) >= 11 is 0. The van der Waals surface area contributed by atoms with Crippen LogP contribution in [0.1, 0.15) is 5.69 Å². The summed E-state index contributed by atoms with van der Waals surface area (Å²) in [6.45, 7) is 0.359. The maximum atomic E-state index is 12.3. The Hall–Kier alpha value is -2.69. The first-order valence-electron chi connectivity index (χ1n) is 5.83. The molecule has 1 N–H and O–H groups in total. The van der Waals surface area contributed by atoms with Crippen molar-refractivity contribution in [2.24, 2.45) is 0 Å². The van der Waals surface area contributed by atoms with Gasteiger partial charge in [0.25, 0.3) is 5.56 Å². The van der Waals surface area contributed by atoms with Crippen molar-refractivity contribution in [1.29, 1.82) is 0 Å². The number of hydrogen-bond donors (Lipinski definition) is 1. The van der Waals surface area contributed by atoms with Gasteiger partial charge in [0.15, 0.2) is 0 Å². The first kappa shape index (κ1) is 11.4. The number of aromatic nitrogens is 3. The number of fused-ring (bicyclic) bond motifs is 1. The summed E-state index contributed by atoms with van der Waals surface area (Å²) in [6.07, 6.45) is 3.11. The molecule has 94 valence electrons. The molecule has 2 heterocycles. The van der Waals surface area contributed by atoms with Gasteiger partial charge in [0.05, 0.1) is 24.0 Å². The van der Waals surface area contributed by atoms with E-state index in [-0.39, 0.29) is 11.3 Å². The van der Waals surface area contributed by atoms with Gasteiger partial charge in [0.1, 0.15) is 11.3 Å². The van der Waals surface area contributed by atoms with E-state index in [9.17, 15) is 9.90 Å². The highest BCUT2D eigenvalue weighted by Crippen LogP contribution is 2.18. The molecule has 0 aliphatic rings. The number of para-hydroxylation sites is 1. The van der Waals surface area contributed by atoms with Crippen LogP contribution in [-0.4, -0.2) is 19.6 Å². The number of rotatable bonds is 2. The van der Waals surface area contributed by atoms with E-state index in [4.69, 9.17) is 0 Å². The molecule has 19 heavy (non-hydrogen) atoms. The highest BCUT2D eigenvalue weighted by molar-refractivity contribution is 5.82. The summed E-state index contributed by atoms with van der Waals surface area (Å²) in [6, 6.07) is 10.3. The topological polar surface area (TPSA) is 68.0 Å². The van der Waals surface area contributed by atoms with Crippen LogP contribution < -0.4 is 5.56 Å². The van der Waals surface area contributed by atoms with Gasteiger partial charge < -0.3 is 5.11 Å². The Labute approximate surface area is 108 Å². The lowest BCUT2D eigenvalue weighted by molar-refractivity contribution is 0.480. The van der Waals surface area contributed by atoms with Crippen molar-refractivity contribution < 1.29 is 5.11 Å². The van der Waals surface area contributed by atoms with E-state index in [1.54, 1.807) is 18.3 Å². The smallest absolute Gasteiger partial charge is 0.261 e. The van der Waals surface area contributed by atoms with Crippen LogP contribution in [0.5, 0.6) is 5.75 Å².